The molecule has 4 aromatic heterocycles. The number of aryl methyl sites for hydroxylation is 2. The van der Waals surface area contributed by atoms with Gasteiger partial charge in [0, 0.05) is 48.8 Å². The van der Waals surface area contributed by atoms with E-state index in [4.69, 9.17) is 9.84 Å². The van der Waals surface area contributed by atoms with Crippen LogP contribution in [0.2, 0.25) is 0 Å². The van der Waals surface area contributed by atoms with Crippen LogP contribution in [0.1, 0.15) is 22.4 Å². The fraction of sp³-hybridized carbons (Fsp3) is 0.261. The second-order valence-corrected chi connectivity index (χ2v) is 8.21. The second-order valence-electron chi connectivity index (χ2n) is 8.21. The van der Waals surface area contributed by atoms with Gasteiger partial charge in [0.25, 0.3) is 0 Å². The molecule has 160 valence electrons. The van der Waals surface area contributed by atoms with Gasteiger partial charge in [-0.1, -0.05) is 0 Å². The highest BCUT2D eigenvalue weighted by Crippen LogP contribution is 2.31. The predicted molar refractivity (Wildman–Crippen MR) is 120 cm³/mol. The third-order valence-electron chi connectivity index (χ3n) is 6.23. The van der Waals surface area contributed by atoms with E-state index in [0.717, 1.165) is 75.8 Å². The number of hydrogen-bond donors (Lipinski definition) is 0. The first kappa shape index (κ1) is 18.7. The minimum Gasteiger partial charge on any atom is -0.456 e. The molecule has 0 spiro atoms. The number of pyridine rings is 1. The molecule has 0 atom stereocenters. The molecule has 0 radical (unpaired) electrons. The Morgan fingerprint density at radius 3 is 2.84 bits per heavy atom. The van der Waals surface area contributed by atoms with Crippen LogP contribution in [0.15, 0.2) is 43.0 Å². The van der Waals surface area contributed by atoms with Crippen LogP contribution in [0.4, 0.5) is 5.82 Å². The maximum atomic E-state index is 6.14. The summed E-state index contributed by atoms with van der Waals surface area (Å²) in [6.07, 6.45) is 6.15. The maximum Gasteiger partial charge on any atom is 0.180 e. The zero-order valence-electron chi connectivity index (χ0n) is 18.1. The van der Waals surface area contributed by atoms with Gasteiger partial charge in [-0.3, -0.25) is 9.67 Å². The van der Waals surface area contributed by atoms with Gasteiger partial charge in [-0.05, 0) is 43.7 Å². The summed E-state index contributed by atoms with van der Waals surface area (Å²) < 4.78 is 9.74. The molecule has 0 amide bonds. The van der Waals surface area contributed by atoms with Crippen molar-refractivity contribution in [2.24, 2.45) is 7.05 Å². The van der Waals surface area contributed by atoms with Crippen molar-refractivity contribution in [3.8, 4) is 11.5 Å². The summed E-state index contributed by atoms with van der Waals surface area (Å²) in [5.41, 5.74) is 6.35. The summed E-state index contributed by atoms with van der Waals surface area (Å²) >= 11 is 0. The largest absolute Gasteiger partial charge is 0.456 e. The molecule has 1 aliphatic rings. The first-order valence-electron chi connectivity index (χ1n) is 10.6. The van der Waals surface area contributed by atoms with E-state index in [1.807, 2.05) is 36.1 Å². The molecule has 0 aliphatic carbocycles. The van der Waals surface area contributed by atoms with Crippen LogP contribution in [-0.2, 0) is 20.0 Å². The van der Waals surface area contributed by atoms with E-state index in [1.165, 1.54) is 0 Å². The molecule has 32 heavy (non-hydrogen) atoms. The topological polar surface area (TPSA) is 86.3 Å². The van der Waals surface area contributed by atoms with Crippen molar-refractivity contribution in [1.82, 2.24) is 34.6 Å². The molecule has 9 nitrogen and oxygen atoms in total. The Bertz CT molecular complexity index is 1480. The molecule has 0 fully saturated rings. The van der Waals surface area contributed by atoms with Gasteiger partial charge < -0.3 is 9.64 Å². The average Bonchev–Trinajstić information content (AvgIpc) is 3.42. The van der Waals surface area contributed by atoms with Crippen LogP contribution in [0, 0.1) is 13.8 Å². The highest BCUT2D eigenvalue weighted by atomic mass is 16.5. The standard InChI is InChI=1S/C23H22N8O/c1-14-15(2)23(28-31-13-25-27-22(14)31)30-7-6-20-17(12-30)9-19(11-24-20)32-18-4-5-21-16(8-18)10-26-29(21)3/h4-5,8-11,13H,6-7,12H2,1-3H3. The Hall–Kier alpha value is -4.01. The smallest absolute Gasteiger partial charge is 0.180 e. The van der Waals surface area contributed by atoms with E-state index in [2.05, 4.69) is 45.1 Å². The van der Waals surface area contributed by atoms with Crippen molar-refractivity contribution >= 4 is 22.4 Å². The number of aromatic nitrogens is 7. The molecule has 1 aliphatic heterocycles. The van der Waals surface area contributed by atoms with Gasteiger partial charge in [0.05, 0.1) is 17.9 Å². The number of ether oxygens (including phenoxy) is 1. The Balaban J connectivity index is 1.30. The summed E-state index contributed by atoms with van der Waals surface area (Å²) in [5, 5.41) is 18.3. The Morgan fingerprint density at radius 1 is 1.03 bits per heavy atom. The SMILES string of the molecule is Cc1c(N2CCc3ncc(Oc4ccc5c(cnn5C)c4)cc3C2)nn2cnnc2c1C. The molecule has 0 saturated heterocycles. The number of anilines is 1. The van der Waals surface area contributed by atoms with Crippen molar-refractivity contribution in [3.63, 3.8) is 0 Å². The van der Waals surface area contributed by atoms with Gasteiger partial charge in [-0.15, -0.1) is 15.3 Å². The fourth-order valence-corrected chi connectivity index (χ4v) is 4.34. The van der Waals surface area contributed by atoms with Crippen LogP contribution >= 0.6 is 0 Å². The van der Waals surface area contributed by atoms with Crippen molar-refractivity contribution in [2.75, 3.05) is 11.4 Å². The van der Waals surface area contributed by atoms with Gasteiger partial charge in [0.15, 0.2) is 11.5 Å². The summed E-state index contributed by atoms with van der Waals surface area (Å²) in [6.45, 7) is 5.74. The summed E-state index contributed by atoms with van der Waals surface area (Å²) in [5.74, 6) is 2.45. The van der Waals surface area contributed by atoms with E-state index < -0.39 is 0 Å². The summed E-state index contributed by atoms with van der Waals surface area (Å²) in [7, 11) is 1.93. The Morgan fingerprint density at radius 2 is 1.94 bits per heavy atom. The fourth-order valence-electron chi connectivity index (χ4n) is 4.34. The Kier molecular flexibility index (Phi) is 4.11. The van der Waals surface area contributed by atoms with Crippen LogP contribution in [0.5, 0.6) is 11.5 Å². The van der Waals surface area contributed by atoms with Crippen molar-refractivity contribution < 1.29 is 4.74 Å². The minimum atomic E-state index is 0.724. The predicted octanol–water partition coefficient (Wildman–Crippen LogP) is 3.38. The quantitative estimate of drug-likeness (QED) is 0.437. The molecule has 9 heteroatoms. The van der Waals surface area contributed by atoms with Gasteiger partial charge in [-0.2, -0.15) is 9.61 Å². The lowest BCUT2D eigenvalue weighted by atomic mass is 10.0. The first-order chi connectivity index (χ1) is 15.6. The van der Waals surface area contributed by atoms with Crippen LogP contribution in [0.3, 0.4) is 0 Å². The van der Waals surface area contributed by atoms with E-state index in [1.54, 1.807) is 17.0 Å². The number of benzene rings is 1. The zero-order chi connectivity index (χ0) is 21.8. The highest BCUT2D eigenvalue weighted by Gasteiger charge is 2.23. The zero-order valence-corrected chi connectivity index (χ0v) is 18.1. The maximum absolute atomic E-state index is 6.14. The molecule has 5 aromatic rings. The van der Waals surface area contributed by atoms with Crippen molar-refractivity contribution in [1.29, 1.82) is 0 Å². The molecule has 5 heterocycles. The molecular weight excluding hydrogens is 404 g/mol. The van der Waals surface area contributed by atoms with Gasteiger partial charge >= 0.3 is 0 Å². The normalized spacial score (nSPS) is 13.7. The number of nitrogens with zero attached hydrogens (tertiary/aromatic N) is 8. The van der Waals surface area contributed by atoms with Crippen LogP contribution in [0.25, 0.3) is 16.6 Å². The van der Waals surface area contributed by atoms with E-state index >= 15 is 0 Å². The number of hydrogen-bond acceptors (Lipinski definition) is 7. The van der Waals surface area contributed by atoms with Gasteiger partial charge in [0.2, 0.25) is 0 Å². The Labute approximate surface area is 184 Å². The third-order valence-corrected chi connectivity index (χ3v) is 6.23. The van der Waals surface area contributed by atoms with Crippen LogP contribution < -0.4 is 9.64 Å². The average molecular weight is 426 g/mol. The molecule has 0 saturated carbocycles. The van der Waals surface area contributed by atoms with Gasteiger partial charge in [0.1, 0.15) is 17.8 Å². The lowest BCUT2D eigenvalue weighted by molar-refractivity contribution is 0.478. The van der Waals surface area contributed by atoms with E-state index in [-0.39, 0.29) is 0 Å². The van der Waals surface area contributed by atoms with E-state index in [0.29, 0.717) is 0 Å². The molecular formula is C23H22N8O. The van der Waals surface area contributed by atoms with Crippen molar-refractivity contribution in [3.05, 3.63) is 65.4 Å². The summed E-state index contributed by atoms with van der Waals surface area (Å²) in [4.78, 5) is 6.97. The van der Waals surface area contributed by atoms with Crippen LogP contribution in [-0.4, -0.2) is 41.1 Å². The lowest BCUT2D eigenvalue weighted by Crippen LogP contribution is -2.32. The van der Waals surface area contributed by atoms with Gasteiger partial charge in [-0.25, -0.2) is 0 Å². The second kappa shape index (κ2) is 7.01. The first-order valence-corrected chi connectivity index (χ1v) is 10.6. The summed E-state index contributed by atoms with van der Waals surface area (Å²) in [6, 6.07) is 8.06. The lowest BCUT2D eigenvalue weighted by Gasteiger charge is -2.30. The number of fused-ring (bicyclic) bond motifs is 3. The van der Waals surface area contributed by atoms with Crippen molar-refractivity contribution in [2.45, 2.75) is 26.8 Å². The number of rotatable bonds is 3. The molecule has 0 bridgehead atoms. The highest BCUT2D eigenvalue weighted by molar-refractivity contribution is 5.80. The molecule has 6 rings (SSSR count). The monoisotopic (exact) mass is 426 g/mol. The van der Waals surface area contributed by atoms with E-state index in [9.17, 15) is 0 Å². The molecule has 0 N–H and O–H groups in total. The minimum absolute atomic E-state index is 0.724. The molecule has 1 aromatic carbocycles. The third kappa shape index (κ3) is 2.96. The molecule has 0 unspecified atom stereocenters.